The molecule has 0 bridgehead atoms. The van der Waals surface area contributed by atoms with Crippen LogP contribution in [0.2, 0.25) is 0 Å². The smallest absolute Gasteiger partial charge is 0.303 e. The van der Waals surface area contributed by atoms with Crippen LogP contribution in [-0.2, 0) is 85.7 Å². The number of alkyl halides is 1. The van der Waals surface area contributed by atoms with Crippen molar-refractivity contribution in [2.24, 2.45) is 0 Å². The highest BCUT2D eigenvalue weighted by atomic mass is 79.9. The monoisotopic (exact) mass is 742 g/mol. The Labute approximate surface area is 278 Å². The lowest BCUT2D eigenvalue weighted by Gasteiger charge is -2.48. The van der Waals surface area contributed by atoms with Crippen LogP contribution in [0.5, 0.6) is 0 Å². The summed E-state index contributed by atoms with van der Waals surface area (Å²) in [6.45, 7) is 6.50. The summed E-state index contributed by atoms with van der Waals surface area (Å²) in [6.07, 6.45) is -15.1. The summed E-state index contributed by atoms with van der Waals surface area (Å²) >= 11 is 3.22. The van der Waals surface area contributed by atoms with E-state index in [1.54, 1.807) is 0 Å². The third-order valence-electron chi connectivity index (χ3n) is 6.24. The second-order valence-corrected chi connectivity index (χ2v) is 11.0. The van der Waals surface area contributed by atoms with Gasteiger partial charge in [0.1, 0.15) is 31.5 Å². The molecule has 2 rings (SSSR count). The largest absolute Gasteiger partial charge is 0.463 e. The predicted octanol–water partition coefficient (Wildman–Crippen LogP) is 0.0176. The molecule has 0 N–H and O–H groups in total. The van der Waals surface area contributed by atoms with Gasteiger partial charge in [0, 0.05) is 53.8 Å². The highest BCUT2D eigenvalue weighted by Crippen LogP contribution is 2.35. The zero-order chi connectivity index (χ0) is 35.4. The van der Waals surface area contributed by atoms with Crippen LogP contribution in [-0.4, -0.2) is 128 Å². The van der Waals surface area contributed by atoms with E-state index in [4.69, 9.17) is 52.1 Å². The van der Waals surface area contributed by atoms with E-state index >= 15 is 0 Å². The van der Waals surface area contributed by atoms with Gasteiger partial charge in [-0.2, -0.15) is 0 Å². The standard InChI is InChI=1S/C28H39BrO18/c1-12(30)38-10-19-21(40-14(3)32)23(41-15(4)33)26(44-18(7)36)28(46-19)47-22-20(11-39-13(2)31)45-27(37-9-8-29)25(43-17(6)35)24(22)42-16(5)34/h19-28H,8-11H2,1-7H3/t19-,20-,21+,22+,23+,24+,25-,26-,27+,28-/m1/s1. The van der Waals surface area contributed by atoms with E-state index in [-0.39, 0.29) is 6.61 Å². The second kappa shape index (κ2) is 18.8. The molecule has 0 radical (unpaired) electrons. The molecule has 0 saturated carbocycles. The van der Waals surface area contributed by atoms with Crippen molar-refractivity contribution in [3.63, 3.8) is 0 Å². The normalized spacial score (nSPS) is 30.2. The van der Waals surface area contributed by atoms with E-state index in [0.29, 0.717) is 5.33 Å². The van der Waals surface area contributed by atoms with Crippen LogP contribution in [0.4, 0.5) is 0 Å². The molecule has 10 atom stereocenters. The lowest BCUT2D eigenvalue weighted by atomic mass is 9.96. The summed E-state index contributed by atoms with van der Waals surface area (Å²) in [7, 11) is 0. The van der Waals surface area contributed by atoms with E-state index in [9.17, 15) is 33.6 Å². The Kier molecular flexibility index (Phi) is 15.9. The molecule has 2 aliphatic heterocycles. The maximum Gasteiger partial charge on any atom is 0.303 e. The molecule has 2 heterocycles. The maximum absolute atomic E-state index is 12.4. The van der Waals surface area contributed by atoms with Crippen molar-refractivity contribution in [1.82, 2.24) is 0 Å². The molecule has 47 heavy (non-hydrogen) atoms. The van der Waals surface area contributed by atoms with E-state index in [2.05, 4.69) is 15.9 Å². The van der Waals surface area contributed by atoms with Crippen LogP contribution < -0.4 is 0 Å². The molecule has 0 aromatic heterocycles. The number of ether oxygens (including phenoxy) is 11. The molecule has 0 spiro atoms. The van der Waals surface area contributed by atoms with Crippen molar-refractivity contribution < 1.29 is 85.7 Å². The van der Waals surface area contributed by atoms with Gasteiger partial charge in [-0.1, -0.05) is 15.9 Å². The van der Waals surface area contributed by atoms with Gasteiger partial charge in [0.05, 0.1) is 6.61 Å². The van der Waals surface area contributed by atoms with Gasteiger partial charge in [-0.3, -0.25) is 33.6 Å². The van der Waals surface area contributed by atoms with E-state index in [1.165, 1.54) is 0 Å². The zero-order valence-electron chi connectivity index (χ0n) is 26.8. The Morgan fingerprint density at radius 2 is 0.851 bits per heavy atom. The first-order chi connectivity index (χ1) is 22.0. The molecule has 2 saturated heterocycles. The molecular weight excluding hydrogens is 704 g/mol. The Balaban J connectivity index is 2.71. The third-order valence-corrected chi connectivity index (χ3v) is 6.57. The predicted molar refractivity (Wildman–Crippen MR) is 153 cm³/mol. The second-order valence-electron chi connectivity index (χ2n) is 10.2. The lowest BCUT2D eigenvalue weighted by molar-refractivity contribution is -0.360. The Bertz CT molecular complexity index is 1140. The average Bonchev–Trinajstić information content (AvgIpc) is 2.94. The van der Waals surface area contributed by atoms with Gasteiger partial charge in [0.15, 0.2) is 43.1 Å². The zero-order valence-corrected chi connectivity index (χ0v) is 28.4. The van der Waals surface area contributed by atoms with Gasteiger partial charge in [0.25, 0.3) is 0 Å². The minimum absolute atomic E-state index is 0.0424. The number of hydrogen-bond donors (Lipinski definition) is 0. The fraction of sp³-hybridized carbons (Fsp3) is 0.750. The fourth-order valence-electron chi connectivity index (χ4n) is 4.77. The van der Waals surface area contributed by atoms with Crippen LogP contribution in [0.25, 0.3) is 0 Å². The van der Waals surface area contributed by atoms with Gasteiger partial charge >= 0.3 is 41.8 Å². The van der Waals surface area contributed by atoms with Crippen LogP contribution in [0.1, 0.15) is 48.5 Å². The number of carbonyl (C=O) groups excluding carboxylic acids is 7. The number of hydrogen-bond acceptors (Lipinski definition) is 18. The first-order valence-corrected chi connectivity index (χ1v) is 15.4. The summed E-state index contributed by atoms with van der Waals surface area (Å²) in [5.74, 6) is -5.76. The quantitative estimate of drug-likeness (QED) is 0.130. The number of halogens is 1. The van der Waals surface area contributed by atoms with Gasteiger partial charge in [-0.15, -0.1) is 0 Å². The summed E-state index contributed by atoms with van der Waals surface area (Å²) in [5.41, 5.74) is 0. The molecule has 266 valence electrons. The van der Waals surface area contributed by atoms with Crippen molar-refractivity contribution >= 4 is 57.7 Å². The molecule has 0 aliphatic carbocycles. The van der Waals surface area contributed by atoms with Gasteiger partial charge in [-0.05, 0) is 0 Å². The molecule has 0 aromatic carbocycles. The molecule has 2 aliphatic rings. The first kappa shape index (κ1) is 39.8. The lowest BCUT2D eigenvalue weighted by Crippen LogP contribution is -2.67. The SMILES string of the molecule is CC(=O)OC[C@H]1O[C@H](O[C@@H]2[C@H](OC(C)=O)[C@@H](OC(C)=O)[C@@H](OCCBr)O[C@@H]2COC(C)=O)[C@H](OC(C)=O)[C@@H](OC(C)=O)[C@H]1OC(C)=O. The van der Waals surface area contributed by atoms with Gasteiger partial charge in [0.2, 0.25) is 0 Å². The van der Waals surface area contributed by atoms with Crippen molar-refractivity contribution in [2.75, 3.05) is 25.2 Å². The summed E-state index contributed by atoms with van der Waals surface area (Å²) in [6, 6.07) is 0. The van der Waals surface area contributed by atoms with E-state index in [1.807, 2.05) is 0 Å². The Morgan fingerprint density at radius 3 is 1.28 bits per heavy atom. The van der Waals surface area contributed by atoms with Crippen LogP contribution in [0, 0.1) is 0 Å². The number of esters is 7. The van der Waals surface area contributed by atoms with Crippen LogP contribution in [0.15, 0.2) is 0 Å². The average molecular weight is 744 g/mol. The number of rotatable bonds is 14. The molecule has 0 amide bonds. The highest BCUT2D eigenvalue weighted by molar-refractivity contribution is 9.09. The van der Waals surface area contributed by atoms with Crippen LogP contribution in [0.3, 0.4) is 0 Å². The summed E-state index contributed by atoms with van der Waals surface area (Å²) < 4.78 is 61.5. The van der Waals surface area contributed by atoms with E-state index in [0.717, 1.165) is 48.5 Å². The minimum Gasteiger partial charge on any atom is -0.463 e. The number of carbonyl (C=O) groups is 7. The molecule has 18 nitrogen and oxygen atoms in total. The fourth-order valence-corrected chi connectivity index (χ4v) is 4.95. The molecule has 0 unspecified atom stereocenters. The molecular formula is C28H39BrO18. The molecule has 0 aromatic rings. The van der Waals surface area contributed by atoms with Gasteiger partial charge < -0.3 is 52.1 Å². The highest BCUT2D eigenvalue weighted by Gasteiger charge is 2.57. The topological polar surface area (TPSA) is 221 Å². The molecule has 2 fully saturated rings. The van der Waals surface area contributed by atoms with Crippen molar-refractivity contribution in [1.29, 1.82) is 0 Å². The molecule has 19 heteroatoms. The summed E-state index contributed by atoms with van der Waals surface area (Å²) in [5, 5.41) is 0.331. The van der Waals surface area contributed by atoms with Crippen molar-refractivity contribution in [3.8, 4) is 0 Å². The van der Waals surface area contributed by atoms with E-state index < -0.39 is 116 Å². The third kappa shape index (κ3) is 12.6. The maximum atomic E-state index is 12.4. The van der Waals surface area contributed by atoms with Gasteiger partial charge in [-0.25, -0.2) is 0 Å². The Morgan fingerprint density at radius 1 is 0.489 bits per heavy atom. The minimum atomic E-state index is -1.76. The van der Waals surface area contributed by atoms with Crippen molar-refractivity contribution in [3.05, 3.63) is 0 Å². The first-order valence-electron chi connectivity index (χ1n) is 14.3. The van der Waals surface area contributed by atoms with Crippen LogP contribution >= 0.6 is 15.9 Å². The Hall–Kier alpha value is -3.39. The summed E-state index contributed by atoms with van der Waals surface area (Å²) in [4.78, 5) is 84.6. The van der Waals surface area contributed by atoms with Crippen molar-refractivity contribution in [2.45, 2.75) is 110 Å².